The summed E-state index contributed by atoms with van der Waals surface area (Å²) >= 11 is 0.814. The van der Waals surface area contributed by atoms with Crippen LogP contribution in [0.5, 0.6) is 5.75 Å². The van der Waals surface area contributed by atoms with Crippen LogP contribution >= 0.6 is 12.0 Å². The summed E-state index contributed by atoms with van der Waals surface area (Å²) in [5.41, 5.74) is 8.55. The number of benzene rings is 2. The molecule has 0 heterocycles. The van der Waals surface area contributed by atoms with E-state index in [1.165, 1.54) is 6.92 Å². The van der Waals surface area contributed by atoms with E-state index in [2.05, 4.69) is 0 Å². The lowest BCUT2D eigenvalue weighted by atomic mass is 10.0. The van der Waals surface area contributed by atoms with Gasteiger partial charge in [0.15, 0.2) is 0 Å². The van der Waals surface area contributed by atoms with Crippen molar-refractivity contribution in [2.45, 2.75) is 6.92 Å². The molecule has 0 aromatic heterocycles. The Labute approximate surface area is 110 Å². The van der Waals surface area contributed by atoms with Crippen molar-refractivity contribution >= 4 is 22.8 Å². The van der Waals surface area contributed by atoms with Gasteiger partial charge in [-0.2, -0.15) is 0 Å². The number of anilines is 1. The minimum absolute atomic E-state index is 0.0897. The summed E-state index contributed by atoms with van der Waals surface area (Å²) in [5, 5.41) is -0.0897. The first-order chi connectivity index (χ1) is 8.66. The van der Waals surface area contributed by atoms with Gasteiger partial charge in [0, 0.05) is 18.2 Å². The van der Waals surface area contributed by atoms with Crippen molar-refractivity contribution in [1.29, 1.82) is 0 Å². The quantitative estimate of drug-likeness (QED) is 0.677. The third-order valence-corrected chi connectivity index (χ3v) is 2.88. The zero-order valence-corrected chi connectivity index (χ0v) is 10.7. The maximum atomic E-state index is 10.9. The van der Waals surface area contributed by atoms with Crippen LogP contribution in [-0.4, -0.2) is 5.12 Å². The second-order valence-corrected chi connectivity index (χ2v) is 4.68. The topological polar surface area (TPSA) is 52.3 Å². The van der Waals surface area contributed by atoms with Gasteiger partial charge in [-0.3, -0.25) is 4.79 Å². The lowest BCUT2D eigenvalue weighted by molar-refractivity contribution is -0.109. The van der Waals surface area contributed by atoms with E-state index in [1.807, 2.05) is 36.4 Å². The number of nitrogen functional groups attached to an aromatic ring is 1. The summed E-state index contributed by atoms with van der Waals surface area (Å²) in [5.74, 6) is 0.614. The van der Waals surface area contributed by atoms with Gasteiger partial charge >= 0.3 is 0 Å². The van der Waals surface area contributed by atoms with E-state index in [1.54, 1.807) is 12.1 Å². The van der Waals surface area contributed by atoms with E-state index >= 15 is 0 Å². The molecule has 0 aliphatic heterocycles. The number of hydrogen-bond acceptors (Lipinski definition) is 4. The van der Waals surface area contributed by atoms with Crippen molar-refractivity contribution in [3.63, 3.8) is 0 Å². The van der Waals surface area contributed by atoms with E-state index in [0.717, 1.165) is 23.2 Å². The fourth-order valence-corrected chi connectivity index (χ4v) is 1.88. The molecule has 2 rings (SSSR count). The summed E-state index contributed by atoms with van der Waals surface area (Å²) in [4.78, 5) is 10.9. The first-order valence-electron chi connectivity index (χ1n) is 5.47. The normalized spacial score (nSPS) is 10.1. The van der Waals surface area contributed by atoms with Gasteiger partial charge in [0.1, 0.15) is 17.8 Å². The monoisotopic (exact) mass is 259 g/mol. The number of hydrogen-bond donors (Lipinski definition) is 1. The van der Waals surface area contributed by atoms with Gasteiger partial charge in [-0.1, -0.05) is 30.3 Å². The number of rotatable bonds is 3. The summed E-state index contributed by atoms with van der Waals surface area (Å²) in [6, 6.07) is 15.2. The van der Waals surface area contributed by atoms with Crippen LogP contribution in [0.4, 0.5) is 5.69 Å². The number of nitrogens with two attached hydrogens (primary N) is 1. The molecule has 0 unspecified atom stereocenters. The summed E-state index contributed by atoms with van der Waals surface area (Å²) in [6.07, 6.45) is 0. The number of carbonyl (C=O) groups excluding carboxylic acids is 1. The van der Waals surface area contributed by atoms with Crippen molar-refractivity contribution in [2.24, 2.45) is 0 Å². The fourth-order valence-electron chi connectivity index (χ4n) is 1.56. The molecular formula is C14H13NO2S. The predicted molar refractivity (Wildman–Crippen MR) is 75.2 cm³/mol. The third kappa shape index (κ3) is 3.05. The Bertz CT molecular complexity index is 555. The maximum Gasteiger partial charge on any atom is 0.224 e. The van der Waals surface area contributed by atoms with Crippen LogP contribution in [-0.2, 0) is 4.79 Å². The highest BCUT2D eigenvalue weighted by Crippen LogP contribution is 2.30. The smallest absolute Gasteiger partial charge is 0.224 e. The summed E-state index contributed by atoms with van der Waals surface area (Å²) in [6.45, 7) is 1.46. The standard InChI is InChI=1S/C14H13NO2S/c1-10(16)18-17-12-7-8-14(15)13(9-12)11-5-3-2-4-6-11/h2-9H,15H2,1H3. The Morgan fingerprint density at radius 2 is 1.89 bits per heavy atom. The molecule has 0 atom stereocenters. The minimum Gasteiger partial charge on any atom is -0.418 e. The molecule has 2 N–H and O–H groups in total. The predicted octanol–water partition coefficient (Wildman–Crippen LogP) is 3.51. The lowest BCUT2D eigenvalue weighted by Gasteiger charge is -2.08. The fraction of sp³-hybridized carbons (Fsp3) is 0.0714. The van der Waals surface area contributed by atoms with Gasteiger partial charge < -0.3 is 9.92 Å². The minimum atomic E-state index is -0.0897. The van der Waals surface area contributed by atoms with Gasteiger partial charge in [-0.25, -0.2) is 0 Å². The maximum absolute atomic E-state index is 10.9. The molecule has 0 amide bonds. The van der Waals surface area contributed by atoms with E-state index < -0.39 is 0 Å². The van der Waals surface area contributed by atoms with Gasteiger partial charge in [0.25, 0.3) is 0 Å². The van der Waals surface area contributed by atoms with Crippen LogP contribution in [0.25, 0.3) is 11.1 Å². The average molecular weight is 259 g/mol. The van der Waals surface area contributed by atoms with Gasteiger partial charge in [0.05, 0.1) is 0 Å². The zero-order valence-electron chi connectivity index (χ0n) is 9.92. The Hall–Kier alpha value is -1.94. The van der Waals surface area contributed by atoms with Crippen molar-refractivity contribution in [2.75, 3.05) is 5.73 Å². The largest absolute Gasteiger partial charge is 0.418 e. The lowest BCUT2D eigenvalue weighted by Crippen LogP contribution is -1.92. The Kier molecular flexibility index (Phi) is 3.89. The number of carbonyl (C=O) groups is 1. The summed E-state index contributed by atoms with van der Waals surface area (Å²) < 4.78 is 5.30. The van der Waals surface area contributed by atoms with Crippen molar-refractivity contribution < 1.29 is 8.98 Å². The molecule has 18 heavy (non-hydrogen) atoms. The highest BCUT2D eigenvalue weighted by molar-refractivity contribution is 8.09. The summed E-state index contributed by atoms with van der Waals surface area (Å²) in [7, 11) is 0. The molecular weight excluding hydrogens is 246 g/mol. The van der Waals surface area contributed by atoms with Crippen LogP contribution in [0, 0.1) is 0 Å². The van der Waals surface area contributed by atoms with Crippen molar-refractivity contribution in [3.8, 4) is 16.9 Å². The first kappa shape index (κ1) is 12.5. The molecule has 0 fully saturated rings. The third-order valence-electron chi connectivity index (χ3n) is 2.36. The molecule has 3 nitrogen and oxygen atoms in total. The van der Waals surface area contributed by atoms with Crippen LogP contribution in [0.15, 0.2) is 48.5 Å². The zero-order chi connectivity index (χ0) is 13.0. The van der Waals surface area contributed by atoms with Crippen molar-refractivity contribution in [1.82, 2.24) is 0 Å². The molecule has 4 heteroatoms. The van der Waals surface area contributed by atoms with Gasteiger partial charge in [-0.05, 0) is 23.8 Å². The van der Waals surface area contributed by atoms with E-state index in [-0.39, 0.29) is 5.12 Å². The van der Waals surface area contributed by atoms with E-state index in [9.17, 15) is 4.79 Å². The molecule has 0 spiro atoms. The second kappa shape index (κ2) is 5.60. The van der Waals surface area contributed by atoms with E-state index in [4.69, 9.17) is 9.92 Å². The molecule has 2 aromatic rings. The Balaban J connectivity index is 2.30. The first-order valence-corrected chi connectivity index (χ1v) is 6.21. The molecule has 92 valence electrons. The Morgan fingerprint density at radius 1 is 1.17 bits per heavy atom. The Morgan fingerprint density at radius 3 is 2.56 bits per heavy atom. The molecule has 0 saturated heterocycles. The molecule has 0 bridgehead atoms. The highest BCUT2D eigenvalue weighted by atomic mass is 32.2. The van der Waals surface area contributed by atoms with E-state index in [0.29, 0.717) is 11.4 Å². The van der Waals surface area contributed by atoms with Gasteiger partial charge in [-0.15, -0.1) is 0 Å². The highest BCUT2D eigenvalue weighted by Gasteiger charge is 2.06. The van der Waals surface area contributed by atoms with Gasteiger partial charge in [0.2, 0.25) is 5.12 Å². The van der Waals surface area contributed by atoms with Crippen LogP contribution in [0.3, 0.4) is 0 Å². The second-order valence-electron chi connectivity index (χ2n) is 3.77. The SMILES string of the molecule is CC(=O)SOc1ccc(N)c(-c2ccccc2)c1. The molecule has 0 saturated carbocycles. The molecule has 0 radical (unpaired) electrons. The molecule has 0 aliphatic rings. The molecule has 0 aliphatic carbocycles. The van der Waals surface area contributed by atoms with Crippen LogP contribution < -0.4 is 9.92 Å². The van der Waals surface area contributed by atoms with Crippen LogP contribution in [0.1, 0.15) is 6.92 Å². The van der Waals surface area contributed by atoms with Crippen LogP contribution in [0.2, 0.25) is 0 Å². The average Bonchev–Trinajstić information content (AvgIpc) is 2.38. The molecule has 2 aromatic carbocycles. The van der Waals surface area contributed by atoms with Crippen molar-refractivity contribution in [3.05, 3.63) is 48.5 Å².